The summed E-state index contributed by atoms with van der Waals surface area (Å²) in [6, 6.07) is 25.1. The Kier molecular flexibility index (Phi) is 6.83. The quantitative estimate of drug-likeness (QED) is 0.592. The minimum absolute atomic E-state index is 0.0430. The molecule has 1 aliphatic heterocycles. The highest BCUT2D eigenvalue weighted by Crippen LogP contribution is 2.21. The van der Waals surface area contributed by atoms with Crippen LogP contribution in [-0.2, 0) is 4.79 Å². The first-order chi connectivity index (χ1) is 16.0. The second-order valence-electron chi connectivity index (χ2n) is 8.10. The molecule has 33 heavy (non-hydrogen) atoms. The van der Waals surface area contributed by atoms with E-state index in [4.69, 9.17) is 0 Å². The predicted octanol–water partition coefficient (Wildman–Crippen LogP) is 3.71. The van der Waals surface area contributed by atoms with E-state index in [9.17, 15) is 14.4 Å². The third-order valence-corrected chi connectivity index (χ3v) is 5.92. The van der Waals surface area contributed by atoms with Gasteiger partial charge >= 0.3 is 0 Å². The van der Waals surface area contributed by atoms with Gasteiger partial charge in [0.25, 0.3) is 5.91 Å². The zero-order chi connectivity index (χ0) is 23.2. The summed E-state index contributed by atoms with van der Waals surface area (Å²) in [6.07, 6.45) is 0. The monoisotopic (exact) mass is 441 g/mol. The molecule has 1 fully saturated rings. The fraction of sp³-hybridized carbons (Fsp3) is 0.222. The molecule has 1 aliphatic rings. The average molecular weight is 442 g/mol. The summed E-state index contributed by atoms with van der Waals surface area (Å²) in [7, 11) is 0. The molecule has 1 saturated heterocycles. The van der Waals surface area contributed by atoms with Crippen molar-refractivity contribution in [3.63, 3.8) is 0 Å². The van der Waals surface area contributed by atoms with Crippen molar-refractivity contribution in [2.24, 2.45) is 0 Å². The number of nitrogens with one attached hydrogen (secondary N) is 1. The minimum atomic E-state index is -0.750. The number of hydrogen-bond acceptors (Lipinski definition) is 4. The second kappa shape index (κ2) is 10.1. The van der Waals surface area contributed by atoms with Crippen LogP contribution in [0.25, 0.3) is 0 Å². The maximum absolute atomic E-state index is 13.5. The molecule has 3 aromatic carbocycles. The fourth-order valence-electron chi connectivity index (χ4n) is 4.01. The Balaban J connectivity index is 1.45. The minimum Gasteiger partial charge on any atom is -0.368 e. The number of hydrogen-bond donors (Lipinski definition) is 1. The fourth-order valence-corrected chi connectivity index (χ4v) is 4.01. The van der Waals surface area contributed by atoms with Gasteiger partial charge in [-0.05, 0) is 48.9 Å². The summed E-state index contributed by atoms with van der Waals surface area (Å²) in [4.78, 5) is 41.8. The van der Waals surface area contributed by atoms with Crippen molar-refractivity contribution in [3.05, 3.63) is 102 Å². The molecule has 0 aromatic heterocycles. The Morgan fingerprint density at radius 2 is 1.30 bits per heavy atom. The number of carbonyl (C=O) groups excluding carboxylic acids is 3. The number of carbonyl (C=O) groups is 3. The Bertz CT molecular complexity index is 1110. The standard InChI is InChI=1S/C27H27N3O3/c1-20(31)21-12-14-24(15-13-21)29-16-18-30(19-17-29)27(33)25(22-8-4-2-5-9-22)28-26(32)23-10-6-3-7-11-23/h2-15,25H,16-19H2,1H3,(H,28,32)/t25-/m1/s1. The molecule has 3 aromatic rings. The van der Waals surface area contributed by atoms with Gasteiger partial charge in [-0.25, -0.2) is 0 Å². The first kappa shape index (κ1) is 22.3. The number of benzene rings is 3. The molecule has 0 bridgehead atoms. The zero-order valence-corrected chi connectivity index (χ0v) is 18.6. The molecule has 0 radical (unpaired) electrons. The summed E-state index contributed by atoms with van der Waals surface area (Å²) in [5.74, 6) is -0.347. The molecular weight excluding hydrogens is 414 g/mol. The van der Waals surface area contributed by atoms with Crippen LogP contribution in [0.15, 0.2) is 84.9 Å². The van der Waals surface area contributed by atoms with Crippen molar-refractivity contribution in [1.29, 1.82) is 0 Å². The van der Waals surface area contributed by atoms with E-state index in [-0.39, 0.29) is 17.6 Å². The van der Waals surface area contributed by atoms with E-state index < -0.39 is 6.04 Å². The summed E-state index contributed by atoms with van der Waals surface area (Å²) >= 11 is 0. The molecule has 4 rings (SSSR count). The lowest BCUT2D eigenvalue weighted by Crippen LogP contribution is -2.52. The molecule has 2 amide bonds. The number of amides is 2. The van der Waals surface area contributed by atoms with Gasteiger partial charge in [0.1, 0.15) is 6.04 Å². The smallest absolute Gasteiger partial charge is 0.252 e. The van der Waals surface area contributed by atoms with E-state index in [2.05, 4.69) is 10.2 Å². The predicted molar refractivity (Wildman–Crippen MR) is 128 cm³/mol. The lowest BCUT2D eigenvalue weighted by molar-refractivity contribution is -0.133. The molecule has 1 heterocycles. The maximum atomic E-state index is 13.5. The van der Waals surface area contributed by atoms with Crippen molar-refractivity contribution < 1.29 is 14.4 Å². The normalized spacial score (nSPS) is 14.5. The van der Waals surface area contributed by atoms with Gasteiger partial charge in [0.2, 0.25) is 5.91 Å². The van der Waals surface area contributed by atoms with Crippen LogP contribution in [0.4, 0.5) is 5.69 Å². The summed E-state index contributed by atoms with van der Waals surface area (Å²) in [6.45, 7) is 4.02. The average Bonchev–Trinajstić information content (AvgIpc) is 2.88. The van der Waals surface area contributed by atoms with E-state index >= 15 is 0 Å². The van der Waals surface area contributed by atoms with Crippen molar-refractivity contribution in [2.45, 2.75) is 13.0 Å². The highest BCUT2D eigenvalue weighted by Gasteiger charge is 2.30. The van der Waals surface area contributed by atoms with Gasteiger partial charge in [0.15, 0.2) is 5.78 Å². The SMILES string of the molecule is CC(=O)c1ccc(N2CCN(C(=O)[C@H](NC(=O)c3ccccc3)c3ccccc3)CC2)cc1. The Hall–Kier alpha value is -3.93. The van der Waals surface area contributed by atoms with Gasteiger partial charge in [0, 0.05) is 43.0 Å². The lowest BCUT2D eigenvalue weighted by Gasteiger charge is -2.37. The van der Waals surface area contributed by atoms with Crippen molar-refractivity contribution in [3.8, 4) is 0 Å². The molecule has 0 saturated carbocycles. The van der Waals surface area contributed by atoms with Crippen molar-refractivity contribution >= 4 is 23.3 Å². The van der Waals surface area contributed by atoms with Crippen LogP contribution in [0, 0.1) is 0 Å². The van der Waals surface area contributed by atoms with Crippen LogP contribution < -0.4 is 10.2 Å². The summed E-state index contributed by atoms with van der Waals surface area (Å²) < 4.78 is 0. The first-order valence-electron chi connectivity index (χ1n) is 11.1. The van der Waals surface area contributed by atoms with Crippen molar-refractivity contribution in [2.75, 3.05) is 31.1 Å². The topological polar surface area (TPSA) is 69.7 Å². The Morgan fingerprint density at radius 1 is 0.727 bits per heavy atom. The van der Waals surface area contributed by atoms with Crippen LogP contribution in [0.5, 0.6) is 0 Å². The number of anilines is 1. The highest BCUT2D eigenvalue weighted by atomic mass is 16.2. The van der Waals surface area contributed by atoms with Gasteiger partial charge in [-0.15, -0.1) is 0 Å². The third kappa shape index (κ3) is 5.29. The molecule has 6 nitrogen and oxygen atoms in total. The van der Waals surface area contributed by atoms with Crippen LogP contribution in [-0.4, -0.2) is 48.7 Å². The molecule has 1 atom stereocenters. The Morgan fingerprint density at radius 3 is 1.88 bits per heavy atom. The molecular formula is C27H27N3O3. The zero-order valence-electron chi connectivity index (χ0n) is 18.6. The largest absolute Gasteiger partial charge is 0.368 e. The number of nitrogens with zero attached hydrogens (tertiary/aromatic N) is 2. The van der Waals surface area contributed by atoms with Gasteiger partial charge in [-0.2, -0.15) is 0 Å². The maximum Gasteiger partial charge on any atom is 0.252 e. The molecule has 6 heteroatoms. The van der Waals surface area contributed by atoms with Crippen LogP contribution in [0.1, 0.15) is 39.2 Å². The first-order valence-corrected chi connectivity index (χ1v) is 11.1. The summed E-state index contributed by atoms with van der Waals surface area (Å²) in [5.41, 5.74) is 3.00. The van der Waals surface area contributed by atoms with Crippen LogP contribution >= 0.6 is 0 Å². The molecule has 1 N–H and O–H groups in total. The van der Waals surface area contributed by atoms with Crippen LogP contribution in [0.2, 0.25) is 0 Å². The van der Waals surface area contributed by atoms with E-state index in [1.54, 1.807) is 31.2 Å². The van der Waals surface area contributed by atoms with Gasteiger partial charge < -0.3 is 15.1 Å². The second-order valence-corrected chi connectivity index (χ2v) is 8.10. The lowest BCUT2D eigenvalue weighted by atomic mass is 10.0. The van der Waals surface area contributed by atoms with E-state index in [0.717, 1.165) is 11.3 Å². The number of piperazine rings is 1. The van der Waals surface area contributed by atoms with Gasteiger partial charge in [-0.1, -0.05) is 48.5 Å². The number of rotatable bonds is 6. The van der Waals surface area contributed by atoms with Crippen molar-refractivity contribution in [1.82, 2.24) is 10.2 Å². The van der Waals surface area contributed by atoms with E-state index in [0.29, 0.717) is 37.3 Å². The van der Waals surface area contributed by atoms with E-state index in [1.807, 2.05) is 65.6 Å². The highest BCUT2D eigenvalue weighted by molar-refractivity contribution is 5.98. The number of ketones is 1. The van der Waals surface area contributed by atoms with Gasteiger partial charge in [-0.3, -0.25) is 14.4 Å². The molecule has 0 spiro atoms. The summed E-state index contributed by atoms with van der Waals surface area (Å²) in [5, 5.41) is 2.93. The number of Topliss-reactive ketones (excluding diaryl/α,β-unsaturated/α-hetero) is 1. The molecule has 0 aliphatic carbocycles. The Labute approximate surface area is 193 Å². The van der Waals surface area contributed by atoms with Crippen LogP contribution in [0.3, 0.4) is 0 Å². The molecule has 0 unspecified atom stereocenters. The third-order valence-electron chi connectivity index (χ3n) is 5.92. The van der Waals surface area contributed by atoms with Gasteiger partial charge in [0.05, 0.1) is 0 Å². The molecule has 168 valence electrons. The van der Waals surface area contributed by atoms with E-state index in [1.165, 1.54) is 0 Å².